The maximum atomic E-state index is 12.1. The highest BCUT2D eigenvalue weighted by Gasteiger charge is 2.13. The fraction of sp³-hybridized carbons (Fsp3) is 0.529. The summed E-state index contributed by atoms with van der Waals surface area (Å²) in [4.78, 5) is 25.1. The number of nitrogens with zero attached hydrogens (tertiary/aromatic N) is 1. The second-order valence-corrected chi connectivity index (χ2v) is 5.53. The Morgan fingerprint density at radius 1 is 1.22 bits per heavy atom. The van der Waals surface area contributed by atoms with Gasteiger partial charge in [-0.15, -0.1) is 0 Å². The van der Waals surface area contributed by atoms with Crippen LogP contribution in [0.1, 0.15) is 27.2 Å². The van der Waals surface area contributed by atoms with E-state index in [4.69, 9.17) is 9.47 Å². The molecule has 0 fully saturated rings. The number of amides is 2. The molecular weight excluding hydrogens is 296 g/mol. The van der Waals surface area contributed by atoms with Crippen molar-refractivity contribution >= 4 is 17.5 Å². The quantitative estimate of drug-likeness (QED) is 0.708. The smallest absolute Gasteiger partial charge is 0.243 e. The number of carbonyl (C=O) groups is 2. The van der Waals surface area contributed by atoms with Crippen LogP contribution in [0.2, 0.25) is 0 Å². The Balaban J connectivity index is 2.51. The number of nitrogens with one attached hydrogen (secondary N) is 1. The van der Waals surface area contributed by atoms with Gasteiger partial charge in [0.1, 0.15) is 5.75 Å². The zero-order valence-electron chi connectivity index (χ0n) is 14.3. The molecule has 0 atom stereocenters. The number of hydrogen-bond acceptors (Lipinski definition) is 4. The zero-order chi connectivity index (χ0) is 17.2. The SMILES string of the molecule is COCCCN(CC(=O)Nc1ccc(OC(C)C)cc1)C(C)=O. The van der Waals surface area contributed by atoms with Crippen LogP contribution in [0.4, 0.5) is 5.69 Å². The highest BCUT2D eigenvalue weighted by molar-refractivity contribution is 5.94. The van der Waals surface area contributed by atoms with Gasteiger partial charge in [-0.25, -0.2) is 0 Å². The summed E-state index contributed by atoms with van der Waals surface area (Å²) in [6.45, 7) is 6.45. The van der Waals surface area contributed by atoms with Gasteiger partial charge in [-0.2, -0.15) is 0 Å². The Hall–Kier alpha value is -2.08. The van der Waals surface area contributed by atoms with E-state index in [-0.39, 0.29) is 24.5 Å². The summed E-state index contributed by atoms with van der Waals surface area (Å²) in [7, 11) is 1.61. The van der Waals surface area contributed by atoms with E-state index in [1.54, 1.807) is 31.4 Å². The fourth-order valence-electron chi connectivity index (χ4n) is 2.01. The van der Waals surface area contributed by atoms with Crippen molar-refractivity contribution in [2.24, 2.45) is 0 Å². The number of anilines is 1. The van der Waals surface area contributed by atoms with E-state index in [0.29, 0.717) is 25.3 Å². The van der Waals surface area contributed by atoms with E-state index in [1.807, 2.05) is 13.8 Å². The first kappa shape index (κ1) is 19.0. The van der Waals surface area contributed by atoms with Crippen molar-refractivity contribution in [2.75, 3.05) is 32.1 Å². The molecule has 23 heavy (non-hydrogen) atoms. The summed E-state index contributed by atoms with van der Waals surface area (Å²) in [6.07, 6.45) is 0.802. The van der Waals surface area contributed by atoms with Gasteiger partial charge in [0, 0.05) is 32.9 Å². The van der Waals surface area contributed by atoms with Gasteiger partial charge in [0.15, 0.2) is 0 Å². The molecule has 0 saturated carbocycles. The number of ether oxygens (including phenoxy) is 2. The fourth-order valence-corrected chi connectivity index (χ4v) is 2.01. The summed E-state index contributed by atoms with van der Waals surface area (Å²) in [5.74, 6) is 0.398. The molecule has 1 aromatic carbocycles. The van der Waals surface area contributed by atoms with Crippen LogP contribution in [-0.2, 0) is 14.3 Å². The lowest BCUT2D eigenvalue weighted by Crippen LogP contribution is -2.37. The van der Waals surface area contributed by atoms with Crippen molar-refractivity contribution in [3.8, 4) is 5.75 Å². The van der Waals surface area contributed by atoms with Gasteiger partial charge in [-0.05, 0) is 44.5 Å². The van der Waals surface area contributed by atoms with Crippen LogP contribution < -0.4 is 10.1 Å². The molecule has 6 heteroatoms. The van der Waals surface area contributed by atoms with Crippen LogP contribution >= 0.6 is 0 Å². The Morgan fingerprint density at radius 2 is 1.87 bits per heavy atom. The summed E-state index contributed by atoms with van der Waals surface area (Å²) < 4.78 is 10.5. The normalized spacial score (nSPS) is 10.5. The molecule has 1 rings (SSSR count). The maximum Gasteiger partial charge on any atom is 0.243 e. The van der Waals surface area contributed by atoms with Gasteiger partial charge in [-0.3, -0.25) is 9.59 Å². The van der Waals surface area contributed by atoms with Crippen molar-refractivity contribution in [3.05, 3.63) is 24.3 Å². The third-order valence-electron chi connectivity index (χ3n) is 3.07. The van der Waals surface area contributed by atoms with E-state index < -0.39 is 0 Å². The first-order chi connectivity index (χ1) is 10.9. The second kappa shape index (κ2) is 9.84. The van der Waals surface area contributed by atoms with Crippen LogP contribution in [0.5, 0.6) is 5.75 Å². The molecule has 0 aliphatic carbocycles. The lowest BCUT2D eigenvalue weighted by Gasteiger charge is -2.20. The zero-order valence-corrected chi connectivity index (χ0v) is 14.3. The molecular formula is C17H26N2O4. The summed E-state index contributed by atoms with van der Waals surface area (Å²) in [6, 6.07) is 7.16. The van der Waals surface area contributed by atoms with E-state index in [1.165, 1.54) is 11.8 Å². The minimum absolute atomic E-state index is 0.0310. The number of rotatable bonds is 9. The van der Waals surface area contributed by atoms with Gasteiger partial charge < -0.3 is 19.7 Å². The van der Waals surface area contributed by atoms with Crippen molar-refractivity contribution in [1.29, 1.82) is 0 Å². The van der Waals surface area contributed by atoms with Crippen molar-refractivity contribution < 1.29 is 19.1 Å². The molecule has 0 heterocycles. The first-order valence-electron chi connectivity index (χ1n) is 7.73. The van der Waals surface area contributed by atoms with E-state index in [9.17, 15) is 9.59 Å². The summed E-state index contributed by atoms with van der Waals surface area (Å²) in [5, 5.41) is 2.78. The molecule has 0 aromatic heterocycles. The predicted molar refractivity (Wildman–Crippen MR) is 89.6 cm³/mol. The largest absolute Gasteiger partial charge is 0.491 e. The summed E-state index contributed by atoms with van der Waals surface area (Å²) in [5.41, 5.74) is 0.673. The van der Waals surface area contributed by atoms with Crippen molar-refractivity contribution in [3.63, 3.8) is 0 Å². The van der Waals surface area contributed by atoms with Gasteiger partial charge in [0.2, 0.25) is 11.8 Å². The standard InChI is InChI=1S/C17H26N2O4/c1-13(2)23-16-8-6-15(7-9-16)18-17(21)12-19(14(3)20)10-5-11-22-4/h6-9,13H,5,10-12H2,1-4H3,(H,18,21). The molecule has 0 aliphatic rings. The number of methoxy groups -OCH3 is 1. The lowest BCUT2D eigenvalue weighted by atomic mass is 10.3. The third kappa shape index (κ3) is 7.65. The molecule has 128 valence electrons. The molecule has 0 radical (unpaired) electrons. The molecule has 0 aliphatic heterocycles. The number of hydrogen-bond donors (Lipinski definition) is 1. The Kier molecular flexibility index (Phi) is 8.11. The minimum atomic E-state index is -0.227. The molecule has 0 unspecified atom stereocenters. The third-order valence-corrected chi connectivity index (χ3v) is 3.07. The topological polar surface area (TPSA) is 67.9 Å². The van der Waals surface area contributed by atoms with E-state index >= 15 is 0 Å². The second-order valence-electron chi connectivity index (χ2n) is 5.53. The summed E-state index contributed by atoms with van der Waals surface area (Å²) >= 11 is 0. The highest BCUT2D eigenvalue weighted by Crippen LogP contribution is 2.16. The molecule has 0 spiro atoms. The van der Waals surface area contributed by atoms with E-state index in [2.05, 4.69) is 5.32 Å². The van der Waals surface area contributed by atoms with Gasteiger partial charge in [-0.1, -0.05) is 0 Å². The number of carbonyl (C=O) groups excluding carboxylic acids is 2. The van der Waals surface area contributed by atoms with Crippen molar-refractivity contribution in [1.82, 2.24) is 4.90 Å². The number of benzene rings is 1. The van der Waals surface area contributed by atoms with Crippen LogP contribution in [-0.4, -0.2) is 49.6 Å². The minimum Gasteiger partial charge on any atom is -0.491 e. The van der Waals surface area contributed by atoms with Crippen LogP contribution in [0.3, 0.4) is 0 Å². The van der Waals surface area contributed by atoms with Crippen molar-refractivity contribution in [2.45, 2.75) is 33.3 Å². The molecule has 0 bridgehead atoms. The van der Waals surface area contributed by atoms with E-state index in [0.717, 1.165) is 5.75 Å². The predicted octanol–water partition coefficient (Wildman–Crippen LogP) is 2.30. The Bertz CT molecular complexity index is 500. The average molecular weight is 322 g/mol. The van der Waals surface area contributed by atoms with Crippen LogP contribution in [0, 0.1) is 0 Å². The first-order valence-corrected chi connectivity index (χ1v) is 7.73. The Morgan fingerprint density at radius 3 is 2.39 bits per heavy atom. The van der Waals surface area contributed by atoms with Crippen LogP contribution in [0.25, 0.3) is 0 Å². The molecule has 2 amide bonds. The Labute approximate surface area is 137 Å². The van der Waals surface area contributed by atoms with Gasteiger partial charge >= 0.3 is 0 Å². The molecule has 6 nitrogen and oxygen atoms in total. The van der Waals surface area contributed by atoms with Gasteiger partial charge in [0.25, 0.3) is 0 Å². The molecule has 0 saturated heterocycles. The van der Waals surface area contributed by atoms with Crippen LogP contribution in [0.15, 0.2) is 24.3 Å². The molecule has 1 N–H and O–H groups in total. The lowest BCUT2D eigenvalue weighted by molar-refractivity contribution is -0.132. The average Bonchev–Trinajstić information content (AvgIpc) is 2.47. The van der Waals surface area contributed by atoms with Gasteiger partial charge in [0.05, 0.1) is 12.6 Å². The monoisotopic (exact) mass is 322 g/mol. The highest BCUT2D eigenvalue weighted by atomic mass is 16.5. The molecule has 1 aromatic rings. The maximum absolute atomic E-state index is 12.1.